The molecular weight excluding hydrogens is 232 g/mol. The zero-order chi connectivity index (χ0) is 3.41. The summed E-state index contributed by atoms with van der Waals surface area (Å²) in [5.74, 6) is 0. The Hall–Kier alpha value is 0.739. The third-order valence-corrected chi connectivity index (χ3v) is 1.20. The minimum absolute atomic E-state index is 0.192. The van der Waals surface area contributed by atoms with Crippen molar-refractivity contribution in [1.29, 1.82) is 5.26 Å². The van der Waals surface area contributed by atoms with Gasteiger partial charge in [-0.05, 0) is 0 Å². The van der Waals surface area contributed by atoms with Crippen LogP contribution in [0.3, 0.4) is 0 Å². The van der Waals surface area contributed by atoms with Gasteiger partial charge in [-0.15, -0.1) is 0 Å². The van der Waals surface area contributed by atoms with E-state index in [4.69, 9.17) is 5.26 Å². The minimum atomic E-state index is 0.192. The second-order valence-electron chi connectivity index (χ2n) is 0.168. The molecule has 22 valence electrons. The quantitative estimate of drug-likeness (QED) is 0.441. The molecule has 0 amide bonds. The number of hydrogen-bond donors (Lipinski definition) is 0. The number of rotatable bonds is 0. The Morgan fingerprint density at radius 2 is 2.25 bits per heavy atom. The van der Waals surface area contributed by atoms with Crippen molar-refractivity contribution in [2.24, 2.45) is 0 Å². The average Bonchev–Trinajstić information content (AvgIpc) is 1.37. The van der Waals surface area contributed by atoms with Gasteiger partial charge in [-0.2, -0.15) is 0 Å². The van der Waals surface area contributed by atoms with Gasteiger partial charge >= 0.3 is 42.3 Å². The predicted octanol–water partition coefficient (Wildman–Crippen LogP) is 0.522. The molecule has 0 heterocycles. The number of hydrogen-bond acceptors (Lipinski definition) is 1. The number of nitrogens with zero attached hydrogens (tertiary/aromatic N) is 1. The zero-order valence-corrected chi connectivity index (χ0v) is 5.60. The van der Waals surface area contributed by atoms with Gasteiger partial charge in [0.25, 0.3) is 0 Å². The van der Waals surface area contributed by atoms with E-state index in [-0.39, 0.29) is 11.7 Å². The van der Waals surface area contributed by atoms with Crippen molar-refractivity contribution in [2.75, 3.05) is 0 Å². The third-order valence-electron chi connectivity index (χ3n) is 0.0345. The van der Waals surface area contributed by atoms with E-state index in [1.165, 1.54) is 0 Å². The van der Waals surface area contributed by atoms with E-state index in [9.17, 15) is 0 Å². The molecule has 0 bridgehead atoms. The molecule has 0 aromatic carbocycles. The van der Waals surface area contributed by atoms with Crippen molar-refractivity contribution in [3.05, 3.63) is 0 Å². The fourth-order valence-electron chi connectivity index (χ4n) is 0. The normalized spacial score (nSPS) is 5.00. The van der Waals surface area contributed by atoms with Gasteiger partial charge in [0.05, 0.1) is 0 Å². The third kappa shape index (κ3) is 2.74. The molecule has 0 saturated carbocycles. The Balaban J connectivity index is 2.43. The molecule has 0 radical (unpaired) electrons. The molecule has 0 aliphatic rings. The average molecular weight is 232 g/mol. The van der Waals surface area contributed by atoms with Gasteiger partial charge in [0.2, 0.25) is 0 Å². The van der Waals surface area contributed by atoms with Crippen molar-refractivity contribution < 1.29 is 0 Å². The maximum absolute atomic E-state index is 7.65. The second-order valence-corrected chi connectivity index (χ2v) is 3.16. The van der Waals surface area contributed by atoms with Gasteiger partial charge in [0, 0.05) is 0 Å². The molecule has 0 aliphatic carbocycles. The molecule has 0 aliphatic heterocycles. The van der Waals surface area contributed by atoms with E-state index in [0.29, 0.717) is 0 Å². The molecule has 3 heteroatoms. The molecule has 0 atom stereocenters. The van der Waals surface area contributed by atoms with Crippen molar-refractivity contribution in [2.45, 2.75) is 0 Å². The summed E-state index contributed by atoms with van der Waals surface area (Å²) in [6.07, 6.45) is 0. The summed E-state index contributed by atoms with van der Waals surface area (Å²) < 4.78 is 0. The van der Waals surface area contributed by atoms with Crippen LogP contribution in [-0.2, 0) is 0 Å². The molecule has 0 spiro atoms. The predicted molar refractivity (Wildman–Crippen MR) is 25.4 cm³/mol. The van der Waals surface area contributed by atoms with E-state index >= 15 is 0 Å². The van der Waals surface area contributed by atoms with Crippen LogP contribution in [0.1, 0.15) is 0 Å². The zero-order valence-electron chi connectivity index (χ0n) is 1.73. The molecule has 0 unspecified atom stereocenters. The fourth-order valence-corrected chi connectivity index (χ4v) is 0. The Kier molecular flexibility index (Phi) is 4.43. The number of halogens is 1. The second kappa shape index (κ2) is 3.74. The van der Waals surface area contributed by atoms with Crippen LogP contribution in [0.4, 0.5) is 0 Å². The molecule has 0 N–H and O–H groups in total. The molecule has 0 saturated heterocycles. The molecular formula is CINSe. The molecule has 1 nitrogen and oxygen atoms in total. The van der Waals surface area contributed by atoms with E-state index in [0.717, 1.165) is 0 Å². The van der Waals surface area contributed by atoms with Gasteiger partial charge in [-0.25, -0.2) is 0 Å². The van der Waals surface area contributed by atoms with Crippen molar-refractivity contribution >= 4 is 32.1 Å². The standard InChI is InChI=1S/CINSe/c2-4-1-3. The summed E-state index contributed by atoms with van der Waals surface area (Å²) in [6.45, 7) is 0. The molecule has 4 heavy (non-hydrogen) atoms. The summed E-state index contributed by atoms with van der Waals surface area (Å²) in [6, 6.07) is 0. The van der Waals surface area contributed by atoms with Crippen LogP contribution < -0.4 is 0 Å². The van der Waals surface area contributed by atoms with Crippen molar-refractivity contribution in [3.8, 4) is 4.97 Å². The Morgan fingerprint density at radius 3 is 2.25 bits per heavy atom. The Labute approximate surface area is 42.3 Å². The van der Waals surface area contributed by atoms with Crippen LogP contribution in [-0.4, -0.2) is 11.7 Å². The van der Waals surface area contributed by atoms with Gasteiger partial charge in [0.1, 0.15) is 0 Å². The van der Waals surface area contributed by atoms with Gasteiger partial charge < -0.3 is 0 Å². The van der Waals surface area contributed by atoms with Crippen LogP contribution in [0.25, 0.3) is 0 Å². The summed E-state index contributed by atoms with van der Waals surface area (Å²) in [5, 5.41) is 7.65. The van der Waals surface area contributed by atoms with E-state index < -0.39 is 0 Å². The first-order valence-electron chi connectivity index (χ1n) is 0.582. The van der Waals surface area contributed by atoms with E-state index in [1.54, 1.807) is 0 Å². The SMILES string of the molecule is N#C[Se]I. The van der Waals surface area contributed by atoms with Crippen LogP contribution in [0.15, 0.2) is 0 Å². The van der Waals surface area contributed by atoms with Crippen molar-refractivity contribution in [3.63, 3.8) is 0 Å². The Morgan fingerprint density at radius 1 is 2.00 bits per heavy atom. The first kappa shape index (κ1) is 4.74. The Bertz CT molecular complexity index is 37.8. The van der Waals surface area contributed by atoms with Crippen molar-refractivity contribution in [1.82, 2.24) is 0 Å². The summed E-state index contributed by atoms with van der Waals surface area (Å²) in [4.78, 5) is 1.98. The first-order chi connectivity index (χ1) is 1.91. The van der Waals surface area contributed by atoms with Gasteiger partial charge in [-0.1, -0.05) is 0 Å². The molecule has 0 rings (SSSR count). The van der Waals surface area contributed by atoms with Crippen LogP contribution in [0.5, 0.6) is 0 Å². The molecule has 0 aromatic rings. The van der Waals surface area contributed by atoms with E-state index in [2.05, 4.69) is 20.3 Å². The van der Waals surface area contributed by atoms with Gasteiger partial charge in [-0.3, -0.25) is 0 Å². The van der Waals surface area contributed by atoms with Crippen LogP contribution >= 0.6 is 20.3 Å². The molecule has 0 aromatic heterocycles. The van der Waals surface area contributed by atoms with Gasteiger partial charge in [0.15, 0.2) is 0 Å². The monoisotopic (exact) mass is 233 g/mol. The summed E-state index contributed by atoms with van der Waals surface area (Å²) in [7, 11) is 0. The van der Waals surface area contributed by atoms with Crippen LogP contribution in [0.2, 0.25) is 0 Å². The maximum atomic E-state index is 7.65. The topological polar surface area (TPSA) is 23.8 Å². The summed E-state index contributed by atoms with van der Waals surface area (Å²) >= 11 is 2.24. The molecule has 0 fully saturated rings. The summed E-state index contributed by atoms with van der Waals surface area (Å²) in [5.41, 5.74) is 0. The first-order valence-corrected chi connectivity index (χ1v) is 6.66. The van der Waals surface area contributed by atoms with E-state index in [1.807, 2.05) is 4.97 Å². The van der Waals surface area contributed by atoms with Crippen LogP contribution in [0, 0.1) is 10.2 Å². The fraction of sp³-hybridized carbons (Fsp3) is 0. The number of nitriles is 1.